The summed E-state index contributed by atoms with van der Waals surface area (Å²) in [6.45, 7) is 0. The number of aromatic nitrogens is 1. The summed E-state index contributed by atoms with van der Waals surface area (Å²) in [6.07, 6.45) is 1.55. The van der Waals surface area contributed by atoms with E-state index >= 15 is 0 Å². The molecular formula is C12H7ClN2S. The van der Waals surface area contributed by atoms with Crippen molar-refractivity contribution in [1.29, 1.82) is 5.26 Å². The van der Waals surface area contributed by atoms with E-state index < -0.39 is 0 Å². The normalized spacial score (nSPS) is 9.75. The van der Waals surface area contributed by atoms with E-state index in [1.807, 2.05) is 36.4 Å². The van der Waals surface area contributed by atoms with Crippen LogP contribution < -0.4 is 0 Å². The SMILES string of the molecule is N#Cc1ccc(Sc2ccccc2Cl)nc1. The Bertz CT molecular complexity index is 531. The predicted molar refractivity (Wildman–Crippen MR) is 64.5 cm³/mol. The first-order chi connectivity index (χ1) is 7.79. The fourth-order valence-corrected chi connectivity index (χ4v) is 2.18. The molecule has 0 unspecified atom stereocenters. The van der Waals surface area contributed by atoms with Crippen molar-refractivity contribution in [3.8, 4) is 6.07 Å². The largest absolute Gasteiger partial charge is 0.248 e. The van der Waals surface area contributed by atoms with Crippen molar-refractivity contribution >= 4 is 23.4 Å². The fourth-order valence-electron chi connectivity index (χ4n) is 1.15. The zero-order chi connectivity index (χ0) is 11.4. The molecule has 0 atom stereocenters. The number of nitrogens with zero attached hydrogens (tertiary/aromatic N) is 2. The van der Waals surface area contributed by atoms with Crippen LogP contribution in [0.5, 0.6) is 0 Å². The molecule has 0 radical (unpaired) electrons. The second-order valence-corrected chi connectivity index (χ2v) is 4.50. The van der Waals surface area contributed by atoms with Crippen molar-refractivity contribution in [2.75, 3.05) is 0 Å². The summed E-state index contributed by atoms with van der Waals surface area (Å²) < 4.78 is 0. The summed E-state index contributed by atoms with van der Waals surface area (Å²) in [6, 6.07) is 13.2. The van der Waals surface area contributed by atoms with Gasteiger partial charge in [-0.15, -0.1) is 0 Å². The second-order valence-electron chi connectivity index (χ2n) is 3.03. The predicted octanol–water partition coefficient (Wildman–Crippen LogP) is 3.76. The Balaban J connectivity index is 2.22. The summed E-state index contributed by atoms with van der Waals surface area (Å²) in [7, 11) is 0. The lowest BCUT2D eigenvalue weighted by Crippen LogP contribution is -1.82. The second kappa shape index (κ2) is 5.02. The average molecular weight is 247 g/mol. The molecular weight excluding hydrogens is 240 g/mol. The van der Waals surface area contributed by atoms with E-state index in [9.17, 15) is 0 Å². The van der Waals surface area contributed by atoms with Gasteiger partial charge >= 0.3 is 0 Å². The quantitative estimate of drug-likeness (QED) is 0.810. The Morgan fingerprint density at radius 3 is 2.62 bits per heavy atom. The van der Waals surface area contributed by atoms with Crippen LogP contribution in [0.4, 0.5) is 0 Å². The molecule has 0 aliphatic carbocycles. The molecule has 2 nitrogen and oxygen atoms in total. The summed E-state index contributed by atoms with van der Waals surface area (Å²) >= 11 is 7.51. The van der Waals surface area contributed by atoms with Gasteiger partial charge in [0.05, 0.1) is 10.6 Å². The van der Waals surface area contributed by atoms with Crippen molar-refractivity contribution in [1.82, 2.24) is 4.98 Å². The first kappa shape index (κ1) is 11.0. The Morgan fingerprint density at radius 2 is 2.00 bits per heavy atom. The van der Waals surface area contributed by atoms with Crippen LogP contribution in [0.25, 0.3) is 0 Å². The molecule has 0 saturated heterocycles. The fraction of sp³-hybridized carbons (Fsp3) is 0. The lowest BCUT2D eigenvalue weighted by molar-refractivity contribution is 1.12. The molecule has 0 amide bonds. The number of nitriles is 1. The molecule has 78 valence electrons. The summed E-state index contributed by atoms with van der Waals surface area (Å²) in [5, 5.41) is 10.2. The van der Waals surface area contributed by atoms with E-state index in [1.165, 1.54) is 11.8 Å². The van der Waals surface area contributed by atoms with Crippen LogP contribution >= 0.6 is 23.4 Å². The zero-order valence-electron chi connectivity index (χ0n) is 8.22. The minimum Gasteiger partial charge on any atom is -0.248 e. The minimum absolute atomic E-state index is 0.559. The van der Waals surface area contributed by atoms with E-state index in [0.29, 0.717) is 10.6 Å². The lowest BCUT2D eigenvalue weighted by Gasteiger charge is -2.02. The van der Waals surface area contributed by atoms with Gasteiger partial charge in [-0.1, -0.05) is 35.5 Å². The third kappa shape index (κ3) is 2.54. The lowest BCUT2D eigenvalue weighted by atomic mass is 10.3. The van der Waals surface area contributed by atoms with Gasteiger partial charge in [-0.3, -0.25) is 0 Å². The van der Waals surface area contributed by atoms with Crippen LogP contribution in [-0.4, -0.2) is 4.98 Å². The van der Waals surface area contributed by atoms with Crippen molar-refractivity contribution in [2.45, 2.75) is 9.92 Å². The van der Waals surface area contributed by atoms with Gasteiger partial charge in [0.2, 0.25) is 0 Å². The van der Waals surface area contributed by atoms with E-state index in [4.69, 9.17) is 16.9 Å². The molecule has 0 bridgehead atoms. The molecule has 0 spiro atoms. The van der Waals surface area contributed by atoms with E-state index in [-0.39, 0.29) is 0 Å². The Hall–Kier alpha value is -1.50. The first-order valence-electron chi connectivity index (χ1n) is 4.58. The smallest absolute Gasteiger partial charge is 0.101 e. The average Bonchev–Trinajstić information content (AvgIpc) is 2.33. The van der Waals surface area contributed by atoms with Gasteiger partial charge in [-0.05, 0) is 24.3 Å². The third-order valence-electron chi connectivity index (χ3n) is 1.92. The van der Waals surface area contributed by atoms with Crippen LogP contribution in [0.3, 0.4) is 0 Å². The molecule has 2 rings (SSSR count). The van der Waals surface area contributed by atoms with Crippen LogP contribution in [-0.2, 0) is 0 Å². The van der Waals surface area contributed by atoms with Crippen LogP contribution in [0, 0.1) is 11.3 Å². The highest BCUT2D eigenvalue weighted by atomic mass is 35.5. The topological polar surface area (TPSA) is 36.7 Å². The molecule has 1 heterocycles. The number of hydrogen-bond donors (Lipinski definition) is 0. The van der Waals surface area contributed by atoms with Gasteiger partial charge in [-0.2, -0.15) is 5.26 Å². The molecule has 0 aliphatic rings. The van der Waals surface area contributed by atoms with E-state index in [2.05, 4.69) is 4.98 Å². The Morgan fingerprint density at radius 1 is 1.19 bits per heavy atom. The maximum atomic E-state index is 8.64. The van der Waals surface area contributed by atoms with Crippen molar-refractivity contribution in [3.05, 3.63) is 53.2 Å². The number of halogens is 1. The maximum Gasteiger partial charge on any atom is 0.101 e. The van der Waals surface area contributed by atoms with Gasteiger partial charge < -0.3 is 0 Å². The summed E-state index contributed by atoms with van der Waals surface area (Å²) in [4.78, 5) is 5.13. The summed E-state index contributed by atoms with van der Waals surface area (Å²) in [5.74, 6) is 0. The van der Waals surface area contributed by atoms with Gasteiger partial charge in [0, 0.05) is 11.1 Å². The number of hydrogen-bond acceptors (Lipinski definition) is 3. The molecule has 0 aliphatic heterocycles. The number of benzene rings is 1. The molecule has 0 N–H and O–H groups in total. The molecule has 2 aromatic rings. The zero-order valence-corrected chi connectivity index (χ0v) is 9.79. The van der Waals surface area contributed by atoms with Crippen molar-refractivity contribution < 1.29 is 0 Å². The van der Waals surface area contributed by atoms with E-state index in [1.54, 1.807) is 12.3 Å². The Labute approximate surface area is 103 Å². The van der Waals surface area contributed by atoms with Gasteiger partial charge in [0.25, 0.3) is 0 Å². The maximum absolute atomic E-state index is 8.64. The minimum atomic E-state index is 0.559. The molecule has 16 heavy (non-hydrogen) atoms. The van der Waals surface area contributed by atoms with Gasteiger partial charge in [0.1, 0.15) is 11.1 Å². The Kier molecular flexibility index (Phi) is 3.45. The van der Waals surface area contributed by atoms with Crippen molar-refractivity contribution in [2.24, 2.45) is 0 Å². The molecule has 1 aromatic heterocycles. The van der Waals surface area contributed by atoms with Crippen molar-refractivity contribution in [3.63, 3.8) is 0 Å². The van der Waals surface area contributed by atoms with Gasteiger partial charge in [0.15, 0.2) is 0 Å². The number of pyridine rings is 1. The van der Waals surface area contributed by atoms with Crippen LogP contribution in [0.15, 0.2) is 52.5 Å². The highest BCUT2D eigenvalue weighted by molar-refractivity contribution is 7.99. The standard InChI is InChI=1S/C12H7ClN2S/c13-10-3-1-2-4-11(10)16-12-6-5-9(7-14)8-15-12/h1-6,8H. The molecule has 1 aromatic carbocycles. The highest BCUT2D eigenvalue weighted by Crippen LogP contribution is 2.31. The number of rotatable bonds is 2. The van der Waals surface area contributed by atoms with Gasteiger partial charge in [-0.25, -0.2) is 4.98 Å². The first-order valence-corrected chi connectivity index (χ1v) is 5.77. The van der Waals surface area contributed by atoms with Crippen LogP contribution in [0.2, 0.25) is 5.02 Å². The third-order valence-corrected chi connectivity index (χ3v) is 3.38. The molecule has 0 fully saturated rings. The van der Waals surface area contributed by atoms with E-state index in [0.717, 1.165) is 9.92 Å². The monoisotopic (exact) mass is 246 g/mol. The molecule has 0 saturated carbocycles. The highest BCUT2D eigenvalue weighted by Gasteiger charge is 2.02. The molecule has 4 heteroatoms. The summed E-state index contributed by atoms with van der Waals surface area (Å²) in [5.41, 5.74) is 0.559. The van der Waals surface area contributed by atoms with Crippen LogP contribution in [0.1, 0.15) is 5.56 Å².